The van der Waals surface area contributed by atoms with E-state index in [0.29, 0.717) is 16.5 Å². The van der Waals surface area contributed by atoms with Crippen molar-refractivity contribution in [3.8, 4) is 11.3 Å². The molecule has 3 rings (SSSR count). The second kappa shape index (κ2) is 6.83. The van der Waals surface area contributed by atoms with E-state index in [1.165, 1.54) is 0 Å². The van der Waals surface area contributed by atoms with Gasteiger partial charge in [-0.25, -0.2) is 4.98 Å². The number of hydrogen-bond acceptors (Lipinski definition) is 2. The van der Waals surface area contributed by atoms with Crippen LogP contribution in [0.5, 0.6) is 0 Å². The number of benzene rings is 1. The van der Waals surface area contributed by atoms with Gasteiger partial charge in [-0.15, -0.1) is 0 Å². The Kier molecular flexibility index (Phi) is 4.78. The van der Waals surface area contributed by atoms with Gasteiger partial charge in [0.25, 0.3) is 0 Å². The van der Waals surface area contributed by atoms with E-state index >= 15 is 0 Å². The molecule has 0 bridgehead atoms. The van der Waals surface area contributed by atoms with Crippen LogP contribution in [0.4, 0.5) is 5.69 Å². The van der Waals surface area contributed by atoms with Crippen LogP contribution in [0.2, 0.25) is 10.0 Å². The first-order valence-corrected chi connectivity index (χ1v) is 8.46. The maximum Gasteiger partial charge on any atom is 0.226 e. The molecule has 0 aliphatic carbocycles. The molecule has 1 amide bonds. The zero-order valence-electron chi connectivity index (χ0n) is 13.5. The molecule has 3 aromatic rings. The lowest BCUT2D eigenvalue weighted by Crippen LogP contribution is -2.25. The van der Waals surface area contributed by atoms with Gasteiger partial charge in [0.05, 0.1) is 21.4 Å². The molecule has 24 heavy (non-hydrogen) atoms. The van der Waals surface area contributed by atoms with Crippen LogP contribution >= 0.6 is 23.2 Å². The van der Waals surface area contributed by atoms with Crippen molar-refractivity contribution >= 4 is 40.4 Å². The van der Waals surface area contributed by atoms with E-state index < -0.39 is 0 Å². The van der Waals surface area contributed by atoms with E-state index in [9.17, 15) is 4.79 Å². The Morgan fingerprint density at radius 3 is 2.67 bits per heavy atom. The van der Waals surface area contributed by atoms with Gasteiger partial charge in [0.2, 0.25) is 5.91 Å². The Morgan fingerprint density at radius 2 is 1.96 bits per heavy atom. The van der Waals surface area contributed by atoms with Gasteiger partial charge in [0, 0.05) is 31.4 Å². The molecule has 0 spiro atoms. The lowest BCUT2D eigenvalue weighted by Gasteiger charge is -2.17. The van der Waals surface area contributed by atoms with Crippen LogP contribution in [0.3, 0.4) is 0 Å². The number of rotatable bonds is 4. The van der Waals surface area contributed by atoms with Crippen molar-refractivity contribution in [3.05, 3.63) is 52.8 Å². The Hall–Kier alpha value is -2.04. The van der Waals surface area contributed by atoms with Gasteiger partial charge in [-0.2, -0.15) is 0 Å². The highest BCUT2D eigenvalue weighted by Crippen LogP contribution is 2.28. The second-order valence-corrected chi connectivity index (χ2v) is 6.42. The first kappa shape index (κ1) is 16.8. The smallest absolute Gasteiger partial charge is 0.226 e. The minimum Gasteiger partial charge on any atom is -0.314 e. The summed E-state index contributed by atoms with van der Waals surface area (Å²) in [5.41, 5.74) is 3.33. The van der Waals surface area contributed by atoms with Gasteiger partial charge < -0.3 is 9.30 Å². The van der Waals surface area contributed by atoms with Crippen LogP contribution in [0.25, 0.3) is 16.9 Å². The minimum atomic E-state index is 0.0988. The van der Waals surface area contributed by atoms with Crippen LogP contribution in [0.15, 0.2) is 42.7 Å². The molecule has 6 heteroatoms. The molecule has 0 aliphatic rings. The first-order valence-electron chi connectivity index (χ1n) is 7.70. The molecule has 2 heterocycles. The normalized spacial score (nSPS) is 11.0. The molecule has 0 N–H and O–H groups in total. The van der Waals surface area contributed by atoms with Gasteiger partial charge in [-0.1, -0.05) is 36.2 Å². The second-order valence-electron chi connectivity index (χ2n) is 5.61. The first-order chi connectivity index (χ1) is 11.5. The van der Waals surface area contributed by atoms with E-state index in [1.807, 2.05) is 41.9 Å². The number of hydrogen-bond donors (Lipinski definition) is 0. The monoisotopic (exact) mass is 361 g/mol. The summed E-state index contributed by atoms with van der Waals surface area (Å²) >= 11 is 12.0. The Morgan fingerprint density at radius 1 is 1.17 bits per heavy atom. The summed E-state index contributed by atoms with van der Waals surface area (Å²) in [7, 11) is 1.79. The molecule has 0 aliphatic heterocycles. The predicted octanol–water partition coefficient (Wildman–Crippen LogP) is 5.07. The SMILES string of the molecule is CCCC(=O)N(C)c1ccc2nc(-c3ccc(Cl)c(Cl)c3)cn2c1. The molecule has 0 saturated carbocycles. The van der Waals surface area contributed by atoms with Crippen molar-refractivity contribution in [2.45, 2.75) is 19.8 Å². The van der Waals surface area contributed by atoms with Crippen LogP contribution in [0.1, 0.15) is 19.8 Å². The molecule has 0 radical (unpaired) electrons. The molecular formula is C18H17Cl2N3O. The topological polar surface area (TPSA) is 37.6 Å². The van der Waals surface area contributed by atoms with Gasteiger partial charge in [-0.3, -0.25) is 4.79 Å². The highest BCUT2D eigenvalue weighted by Gasteiger charge is 2.12. The third-order valence-electron chi connectivity index (χ3n) is 3.88. The highest BCUT2D eigenvalue weighted by molar-refractivity contribution is 6.42. The van der Waals surface area contributed by atoms with Crippen LogP contribution in [0, 0.1) is 0 Å². The van der Waals surface area contributed by atoms with Crippen LogP contribution < -0.4 is 4.90 Å². The molecule has 4 nitrogen and oxygen atoms in total. The molecule has 2 aromatic heterocycles. The molecule has 0 fully saturated rings. The number of imidazole rings is 1. The van der Waals surface area contributed by atoms with E-state index in [0.717, 1.165) is 29.0 Å². The Bertz CT molecular complexity index is 904. The fourth-order valence-corrected chi connectivity index (χ4v) is 2.80. The average molecular weight is 362 g/mol. The predicted molar refractivity (Wildman–Crippen MR) is 99.0 cm³/mol. The lowest BCUT2D eigenvalue weighted by molar-refractivity contribution is -0.118. The fourth-order valence-electron chi connectivity index (χ4n) is 2.50. The fraction of sp³-hybridized carbons (Fsp3) is 0.222. The summed E-state index contributed by atoms with van der Waals surface area (Å²) in [4.78, 5) is 18.3. The van der Waals surface area contributed by atoms with E-state index in [1.54, 1.807) is 24.1 Å². The maximum absolute atomic E-state index is 12.0. The number of pyridine rings is 1. The highest BCUT2D eigenvalue weighted by atomic mass is 35.5. The number of fused-ring (bicyclic) bond motifs is 1. The van der Waals surface area contributed by atoms with Crippen molar-refractivity contribution < 1.29 is 4.79 Å². The molecular weight excluding hydrogens is 345 g/mol. The third-order valence-corrected chi connectivity index (χ3v) is 4.62. The van der Waals surface area contributed by atoms with Crippen LogP contribution in [-0.2, 0) is 4.79 Å². The zero-order valence-corrected chi connectivity index (χ0v) is 15.0. The Balaban J connectivity index is 1.97. The third kappa shape index (κ3) is 3.25. The number of halogens is 2. The molecule has 124 valence electrons. The Labute approximate surface area is 150 Å². The summed E-state index contributed by atoms with van der Waals surface area (Å²) in [6.07, 6.45) is 5.18. The van der Waals surface area contributed by atoms with Crippen LogP contribution in [-0.4, -0.2) is 22.3 Å². The number of carbonyl (C=O) groups is 1. The van der Waals surface area contributed by atoms with Gasteiger partial charge in [-0.05, 0) is 30.7 Å². The summed E-state index contributed by atoms with van der Waals surface area (Å²) < 4.78 is 1.91. The van der Waals surface area contributed by atoms with E-state index in [2.05, 4.69) is 4.98 Å². The summed E-state index contributed by atoms with van der Waals surface area (Å²) in [6.45, 7) is 1.99. The molecule has 0 unspecified atom stereocenters. The summed E-state index contributed by atoms with van der Waals surface area (Å²) in [5, 5.41) is 1.01. The van der Waals surface area contributed by atoms with Crippen molar-refractivity contribution in [2.24, 2.45) is 0 Å². The van der Waals surface area contributed by atoms with Crippen molar-refractivity contribution in [3.63, 3.8) is 0 Å². The maximum atomic E-state index is 12.0. The number of aromatic nitrogens is 2. The number of carbonyl (C=O) groups excluding carboxylic acids is 1. The standard InChI is InChI=1S/C18H17Cl2N3O/c1-3-4-18(24)22(2)13-6-8-17-21-16(11-23(17)10-13)12-5-7-14(19)15(20)9-12/h5-11H,3-4H2,1-2H3. The summed E-state index contributed by atoms with van der Waals surface area (Å²) in [6, 6.07) is 9.23. The zero-order chi connectivity index (χ0) is 17.3. The number of nitrogens with zero attached hydrogens (tertiary/aromatic N) is 3. The van der Waals surface area contributed by atoms with Gasteiger partial charge >= 0.3 is 0 Å². The minimum absolute atomic E-state index is 0.0988. The van der Waals surface area contributed by atoms with Crippen molar-refractivity contribution in [1.82, 2.24) is 9.38 Å². The van der Waals surface area contributed by atoms with E-state index in [-0.39, 0.29) is 5.91 Å². The molecule has 0 saturated heterocycles. The molecule has 0 atom stereocenters. The van der Waals surface area contributed by atoms with Crippen molar-refractivity contribution in [2.75, 3.05) is 11.9 Å². The lowest BCUT2D eigenvalue weighted by atomic mass is 10.2. The average Bonchev–Trinajstić information content (AvgIpc) is 3.00. The van der Waals surface area contributed by atoms with E-state index in [4.69, 9.17) is 23.2 Å². The quantitative estimate of drug-likeness (QED) is 0.650. The largest absolute Gasteiger partial charge is 0.314 e. The summed E-state index contributed by atoms with van der Waals surface area (Å²) in [5.74, 6) is 0.0988. The number of anilines is 1. The van der Waals surface area contributed by atoms with Gasteiger partial charge in [0.1, 0.15) is 5.65 Å². The van der Waals surface area contributed by atoms with Gasteiger partial charge in [0.15, 0.2) is 0 Å². The molecule has 1 aromatic carbocycles. The number of amides is 1. The van der Waals surface area contributed by atoms with Crippen molar-refractivity contribution in [1.29, 1.82) is 0 Å².